The summed E-state index contributed by atoms with van der Waals surface area (Å²) in [6.45, 7) is 4.79. The van der Waals surface area contributed by atoms with Crippen molar-refractivity contribution in [3.8, 4) is 0 Å². The molecule has 0 aliphatic carbocycles. The van der Waals surface area contributed by atoms with Gasteiger partial charge in [0.15, 0.2) is 0 Å². The third-order valence-electron chi connectivity index (χ3n) is 3.84. The van der Waals surface area contributed by atoms with Crippen molar-refractivity contribution in [2.24, 2.45) is 0 Å². The van der Waals surface area contributed by atoms with Crippen molar-refractivity contribution in [2.45, 2.75) is 26.8 Å². The fraction of sp³-hybridized carbons (Fsp3) is 0.333. The monoisotopic (exact) mass is 271 g/mol. The van der Waals surface area contributed by atoms with Gasteiger partial charge in [0.05, 0.1) is 5.69 Å². The molecule has 3 rings (SSSR count). The van der Waals surface area contributed by atoms with E-state index < -0.39 is 0 Å². The quantitative estimate of drug-likeness (QED) is 0.806. The van der Waals surface area contributed by atoms with Gasteiger partial charge in [-0.1, -0.05) is 17.3 Å². The highest BCUT2D eigenvalue weighted by molar-refractivity contribution is 5.96. The van der Waals surface area contributed by atoms with Crippen molar-refractivity contribution in [3.05, 3.63) is 46.3 Å². The van der Waals surface area contributed by atoms with Gasteiger partial charge in [0, 0.05) is 18.8 Å². The van der Waals surface area contributed by atoms with Crippen molar-refractivity contribution >= 4 is 11.6 Å². The van der Waals surface area contributed by atoms with Crippen LogP contribution in [0, 0.1) is 13.8 Å². The number of aromatic nitrogens is 1. The van der Waals surface area contributed by atoms with Crippen molar-refractivity contribution in [2.75, 3.05) is 12.3 Å². The number of amides is 1. The molecule has 0 saturated heterocycles. The van der Waals surface area contributed by atoms with E-state index in [1.807, 2.05) is 17.0 Å². The van der Waals surface area contributed by atoms with Crippen LogP contribution in [0.1, 0.15) is 32.9 Å². The van der Waals surface area contributed by atoms with E-state index in [9.17, 15) is 4.79 Å². The molecule has 1 aromatic carbocycles. The van der Waals surface area contributed by atoms with Gasteiger partial charge < -0.3 is 15.2 Å². The van der Waals surface area contributed by atoms with Gasteiger partial charge in [-0.05, 0) is 37.5 Å². The Kier molecular flexibility index (Phi) is 2.97. The van der Waals surface area contributed by atoms with Crippen LogP contribution in [0.15, 0.2) is 22.7 Å². The smallest absolute Gasteiger partial charge is 0.259 e. The summed E-state index contributed by atoms with van der Waals surface area (Å²) in [4.78, 5) is 14.4. The molecule has 2 heterocycles. The number of carbonyl (C=O) groups excluding carboxylic acids is 1. The summed E-state index contributed by atoms with van der Waals surface area (Å²) in [5.74, 6) is 0.537. The molecule has 104 valence electrons. The second-order valence-electron chi connectivity index (χ2n) is 5.16. The third kappa shape index (κ3) is 1.95. The first-order valence-electron chi connectivity index (χ1n) is 6.66. The second kappa shape index (κ2) is 4.67. The number of anilines is 1. The Balaban J connectivity index is 1.91. The van der Waals surface area contributed by atoms with Crippen LogP contribution in [0.2, 0.25) is 0 Å². The molecule has 0 bridgehead atoms. The predicted octanol–water partition coefficient (Wildman–Crippen LogP) is 2.07. The topological polar surface area (TPSA) is 72.4 Å². The third-order valence-corrected chi connectivity index (χ3v) is 3.84. The van der Waals surface area contributed by atoms with Crippen molar-refractivity contribution in [1.82, 2.24) is 10.1 Å². The van der Waals surface area contributed by atoms with Crippen molar-refractivity contribution < 1.29 is 9.32 Å². The number of nitrogens with two attached hydrogens (primary N) is 1. The number of benzene rings is 1. The number of rotatable bonds is 1. The number of nitrogens with zero attached hydrogens (tertiary/aromatic N) is 2. The van der Waals surface area contributed by atoms with Crippen molar-refractivity contribution in [3.63, 3.8) is 0 Å². The van der Waals surface area contributed by atoms with Crippen LogP contribution < -0.4 is 5.73 Å². The van der Waals surface area contributed by atoms with Crippen molar-refractivity contribution in [1.29, 1.82) is 0 Å². The maximum Gasteiger partial charge on any atom is 0.259 e. The van der Waals surface area contributed by atoms with E-state index in [0.717, 1.165) is 17.7 Å². The molecule has 0 radical (unpaired) electrons. The summed E-state index contributed by atoms with van der Waals surface area (Å²) in [7, 11) is 0. The molecule has 0 fully saturated rings. The summed E-state index contributed by atoms with van der Waals surface area (Å²) in [5, 5.41) is 3.85. The lowest BCUT2D eigenvalue weighted by Gasteiger charge is -2.29. The number of hydrogen-bond acceptors (Lipinski definition) is 4. The summed E-state index contributed by atoms with van der Waals surface area (Å²) in [6, 6.07) is 5.91. The highest BCUT2D eigenvalue weighted by Gasteiger charge is 2.27. The van der Waals surface area contributed by atoms with Gasteiger partial charge in [0.1, 0.15) is 11.3 Å². The molecular weight excluding hydrogens is 254 g/mol. The largest absolute Gasteiger partial charge is 0.398 e. The fourth-order valence-electron chi connectivity index (χ4n) is 2.73. The minimum atomic E-state index is -0.0323. The van der Waals surface area contributed by atoms with Gasteiger partial charge in [-0.2, -0.15) is 0 Å². The van der Waals surface area contributed by atoms with Crippen LogP contribution in [0.4, 0.5) is 5.69 Å². The van der Waals surface area contributed by atoms with Gasteiger partial charge in [0.25, 0.3) is 5.91 Å². The summed E-state index contributed by atoms with van der Waals surface area (Å²) < 4.78 is 5.08. The van der Waals surface area contributed by atoms with Crippen LogP contribution in [0.5, 0.6) is 0 Å². The van der Waals surface area contributed by atoms with E-state index in [0.29, 0.717) is 30.1 Å². The van der Waals surface area contributed by atoms with E-state index in [2.05, 4.69) is 11.2 Å². The molecule has 20 heavy (non-hydrogen) atoms. The molecule has 0 saturated carbocycles. The van der Waals surface area contributed by atoms with Crippen LogP contribution in [0.3, 0.4) is 0 Å². The average Bonchev–Trinajstić information content (AvgIpc) is 2.78. The molecule has 0 spiro atoms. The molecule has 2 aromatic rings. The Bertz CT molecular complexity index is 656. The Hall–Kier alpha value is -2.30. The zero-order valence-electron chi connectivity index (χ0n) is 11.6. The molecule has 5 heteroatoms. The molecule has 1 amide bonds. The summed E-state index contributed by atoms with van der Waals surface area (Å²) in [5.41, 5.74) is 10.3. The van der Waals surface area contributed by atoms with Gasteiger partial charge in [-0.25, -0.2) is 0 Å². The van der Waals surface area contributed by atoms with Gasteiger partial charge in [-0.15, -0.1) is 0 Å². The molecule has 0 atom stereocenters. The maximum absolute atomic E-state index is 12.6. The Morgan fingerprint density at radius 1 is 1.40 bits per heavy atom. The van der Waals surface area contributed by atoms with E-state index in [4.69, 9.17) is 10.3 Å². The highest BCUT2D eigenvalue weighted by Crippen LogP contribution is 2.26. The SMILES string of the molecule is Cc1noc(C)c1C(=O)N1CCc2cccc(N)c2C1. The van der Waals surface area contributed by atoms with Crippen LogP contribution in [-0.4, -0.2) is 22.5 Å². The lowest BCUT2D eigenvalue weighted by molar-refractivity contribution is 0.0733. The molecule has 1 aromatic heterocycles. The first-order valence-corrected chi connectivity index (χ1v) is 6.66. The van der Waals surface area contributed by atoms with Gasteiger partial charge in [0.2, 0.25) is 0 Å². The zero-order chi connectivity index (χ0) is 14.3. The van der Waals surface area contributed by atoms with Crippen LogP contribution in [-0.2, 0) is 13.0 Å². The standard InChI is InChI=1S/C15H17N3O2/c1-9-14(10(2)20-17-9)15(19)18-7-6-11-4-3-5-13(16)12(11)8-18/h3-5H,6-8,16H2,1-2H3. The van der Waals surface area contributed by atoms with E-state index in [1.54, 1.807) is 13.8 Å². The highest BCUT2D eigenvalue weighted by atomic mass is 16.5. The fourth-order valence-corrected chi connectivity index (χ4v) is 2.73. The predicted molar refractivity (Wildman–Crippen MR) is 75.3 cm³/mol. The summed E-state index contributed by atoms with van der Waals surface area (Å²) >= 11 is 0. The number of nitrogen functional groups attached to an aromatic ring is 1. The maximum atomic E-state index is 12.6. The zero-order valence-corrected chi connectivity index (χ0v) is 11.6. The number of hydrogen-bond donors (Lipinski definition) is 1. The average molecular weight is 271 g/mol. The number of fused-ring (bicyclic) bond motifs is 1. The summed E-state index contributed by atoms with van der Waals surface area (Å²) in [6.07, 6.45) is 0.829. The normalized spacial score (nSPS) is 14.2. The first-order chi connectivity index (χ1) is 9.58. The Morgan fingerprint density at radius 2 is 2.20 bits per heavy atom. The molecule has 0 unspecified atom stereocenters. The molecule has 1 aliphatic rings. The minimum absolute atomic E-state index is 0.0323. The second-order valence-corrected chi connectivity index (χ2v) is 5.16. The lowest BCUT2D eigenvalue weighted by Crippen LogP contribution is -2.36. The Labute approximate surface area is 117 Å². The molecular formula is C15H17N3O2. The lowest BCUT2D eigenvalue weighted by atomic mass is 9.97. The van der Waals surface area contributed by atoms with E-state index in [-0.39, 0.29) is 5.91 Å². The number of carbonyl (C=O) groups is 1. The first kappa shape index (κ1) is 12.7. The Morgan fingerprint density at radius 3 is 2.90 bits per heavy atom. The van der Waals surface area contributed by atoms with E-state index in [1.165, 1.54) is 5.56 Å². The molecule has 5 nitrogen and oxygen atoms in total. The van der Waals surface area contributed by atoms with Crippen LogP contribution >= 0.6 is 0 Å². The van der Waals surface area contributed by atoms with Gasteiger partial charge in [-0.3, -0.25) is 4.79 Å². The molecule has 1 aliphatic heterocycles. The van der Waals surface area contributed by atoms with Crippen LogP contribution in [0.25, 0.3) is 0 Å². The number of aryl methyl sites for hydroxylation is 2. The van der Waals surface area contributed by atoms with Gasteiger partial charge >= 0.3 is 0 Å². The minimum Gasteiger partial charge on any atom is -0.398 e. The molecule has 2 N–H and O–H groups in total. The van der Waals surface area contributed by atoms with E-state index >= 15 is 0 Å².